The lowest BCUT2D eigenvalue weighted by Gasteiger charge is -2.41. The summed E-state index contributed by atoms with van der Waals surface area (Å²) >= 11 is 1.96. The first-order valence-corrected chi connectivity index (χ1v) is 10.4. The van der Waals surface area contributed by atoms with Gasteiger partial charge in [0.1, 0.15) is 0 Å². The molecule has 1 heterocycles. The van der Waals surface area contributed by atoms with Gasteiger partial charge in [-0.1, -0.05) is 13.8 Å². The zero-order valence-corrected chi connectivity index (χ0v) is 15.0. The maximum Gasteiger partial charge on any atom is 0.253 e. The third kappa shape index (κ3) is 3.66. The van der Waals surface area contributed by atoms with Crippen molar-refractivity contribution in [1.29, 1.82) is 0 Å². The molecule has 1 amide bonds. The number of hydrogen-bond acceptors (Lipinski definition) is 4. The van der Waals surface area contributed by atoms with Gasteiger partial charge in [0, 0.05) is 35.4 Å². The van der Waals surface area contributed by atoms with Crippen molar-refractivity contribution in [3.05, 3.63) is 29.8 Å². The molecule has 0 saturated carbocycles. The van der Waals surface area contributed by atoms with Crippen molar-refractivity contribution in [2.45, 2.75) is 36.3 Å². The van der Waals surface area contributed by atoms with Gasteiger partial charge >= 0.3 is 0 Å². The molecule has 0 radical (unpaired) electrons. The Morgan fingerprint density at radius 1 is 1.23 bits per heavy atom. The van der Waals surface area contributed by atoms with Gasteiger partial charge in [-0.3, -0.25) is 4.79 Å². The lowest BCUT2D eigenvalue weighted by molar-refractivity contribution is 0.0739. The fraction of sp³-hybridized carbons (Fsp3) is 0.562. The van der Waals surface area contributed by atoms with E-state index >= 15 is 0 Å². The molecule has 122 valence electrons. The van der Waals surface area contributed by atoms with Gasteiger partial charge in [-0.25, -0.2) is 8.42 Å². The lowest BCUT2D eigenvalue weighted by atomic mass is 10.0. The van der Waals surface area contributed by atoms with Gasteiger partial charge in [-0.2, -0.15) is 11.8 Å². The summed E-state index contributed by atoms with van der Waals surface area (Å²) in [5.74, 6) is 0.945. The number of sulfone groups is 1. The first-order chi connectivity index (χ1) is 10.3. The van der Waals surface area contributed by atoms with E-state index in [0.29, 0.717) is 5.56 Å². The van der Waals surface area contributed by atoms with Crippen LogP contribution in [0.2, 0.25) is 0 Å². The molecule has 4 nitrogen and oxygen atoms in total. The van der Waals surface area contributed by atoms with Crippen molar-refractivity contribution < 1.29 is 13.2 Å². The van der Waals surface area contributed by atoms with Crippen molar-refractivity contribution in [1.82, 2.24) is 4.90 Å². The van der Waals surface area contributed by atoms with Crippen LogP contribution in [0.1, 0.15) is 37.0 Å². The quantitative estimate of drug-likeness (QED) is 0.845. The van der Waals surface area contributed by atoms with E-state index < -0.39 is 9.84 Å². The minimum Gasteiger partial charge on any atom is -0.336 e. The summed E-state index contributed by atoms with van der Waals surface area (Å²) in [6, 6.07) is 6.24. The average Bonchev–Trinajstić information content (AvgIpc) is 2.53. The number of hydrogen-bond donors (Lipinski definition) is 0. The summed E-state index contributed by atoms with van der Waals surface area (Å²) in [6.45, 7) is 5.85. The largest absolute Gasteiger partial charge is 0.336 e. The molecule has 6 heteroatoms. The minimum absolute atomic E-state index is 0.00775. The van der Waals surface area contributed by atoms with Gasteiger partial charge in [0.15, 0.2) is 9.84 Å². The Kier molecular flexibility index (Phi) is 5.22. The number of thioether (sulfide) groups is 1. The van der Waals surface area contributed by atoms with Gasteiger partial charge < -0.3 is 4.90 Å². The highest BCUT2D eigenvalue weighted by atomic mass is 32.2. The van der Waals surface area contributed by atoms with Gasteiger partial charge in [0.2, 0.25) is 0 Å². The minimum atomic E-state index is -3.22. The number of rotatable bonds is 4. The molecule has 1 saturated heterocycles. The molecular formula is C16H23NO3S2. The standard InChI is InChI=1S/C16H23NO3S2/c1-4-16(5-2)12-17(10-11-21-16)15(18)13-6-8-14(9-7-13)22(3,19)20/h6-9H,4-5,10-12H2,1-3H3. The van der Waals surface area contributed by atoms with E-state index in [-0.39, 0.29) is 15.5 Å². The molecule has 1 fully saturated rings. The molecule has 2 rings (SSSR count). The van der Waals surface area contributed by atoms with Crippen molar-refractivity contribution in [2.75, 3.05) is 25.1 Å². The van der Waals surface area contributed by atoms with E-state index in [2.05, 4.69) is 13.8 Å². The fourth-order valence-electron chi connectivity index (χ4n) is 2.72. The fourth-order valence-corrected chi connectivity index (χ4v) is 4.75. The van der Waals surface area contributed by atoms with Crippen LogP contribution in [-0.4, -0.2) is 49.1 Å². The Morgan fingerprint density at radius 2 is 1.82 bits per heavy atom. The van der Waals surface area contributed by atoms with E-state index in [4.69, 9.17) is 0 Å². The second-order valence-electron chi connectivity index (χ2n) is 5.76. The summed E-state index contributed by atoms with van der Waals surface area (Å²) in [7, 11) is -3.22. The van der Waals surface area contributed by atoms with Crippen LogP contribution in [0.3, 0.4) is 0 Å². The molecule has 0 spiro atoms. The van der Waals surface area contributed by atoms with Crippen LogP contribution in [0, 0.1) is 0 Å². The number of amides is 1. The first-order valence-electron chi connectivity index (χ1n) is 7.54. The van der Waals surface area contributed by atoms with Gasteiger partial charge in [0.25, 0.3) is 5.91 Å². The Labute approximate surface area is 137 Å². The van der Waals surface area contributed by atoms with Gasteiger partial charge in [-0.15, -0.1) is 0 Å². The summed E-state index contributed by atoms with van der Waals surface area (Å²) < 4.78 is 23.1. The van der Waals surface area contributed by atoms with E-state index in [1.807, 2.05) is 16.7 Å². The predicted molar refractivity (Wildman–Crippen MR) is 91.2 cm³/mol. The Morgan fingerprint density at radius 3 is 2.32 bits per heavy atom. The summed E-state index contributed by atoms with van der Waals surface area (Å²) in [5, 5.41) is 0. The Balaban J connectivity index is 2.17. The van der Waals surface area contributed by atoms with Crippen LogP contribution >= 0.6 is 11.8 Å². The highest BCUT2D eigenvalue weighted by molar-refractivity contribution is 8.00. The third-order valence-electron chi connectivity index (χ3n) is 4.35. The van der Waals surface area contributed by atoms with Crippen molar-refractivity contribution >= 4 is 27.5 Å². The summed E-state index contributed by atoms with van der Waals surface area (Å²) in [6.07, 6.45) is 3.26. The smallest absolute Gasteiger partial charge is 0.253 e. The van der Waals surface area contributed by atoms with Crippen LogP contribution < -0.4 is 0 Å². The molecule has 0 bridgehead atoms. The lowest BCUT2D eigenvalue weighted by Crippen LogP contribution is -2.48. The van der Waals surface area contributed by atoms with Gasteiger partial charge in [0.05, 0.1) is 4.90 Å². The summed E-state index contributed by atoms with van der Waals surface area (Å²) in [4.78, 5) is 14.8. The molecule has 1 aromatic rings. The molecule has 1 aliphatic heterocycles. The van der Waals surface area contributed by atoms with Crippen molar-refractivity contribution in [3.63, 3.8) is 0 Å². The zero-order valence-electron chi connectivity index (χ0n) is 13.3. The topological polar surface area (TPSA) is 54.5 Å². The van der Waals surface area contributed by atoms with Crippen LogP contribution in [0.4, 0.5) is 0 Å². The van der Waals surface area contributed by atoms with Crippen LogP contribution in [-0.2, 0) is 9.84 Å². The van der Waals surface area contributed by atoms with Crippen LogP contribution in [0.5, 0.6) is 0 Å². The van der Waals surface area contributed by atoms with Crippen LogP contribution in [0.15, 0.2) is 29.2 Å². The second kappa shape index (κ2) is 6.62. The molecular weight excluding hydrogens is 318 g/mol. The highest BCUT2D eigenvalue weighted by Gasteiger charge is 2.35. The van der Waals surface area contributed by atoms with Gasteiger partial charge in [-0.05, 0) is 37.1 Å². The SMILES string of the molecule is CCC1(CC)CN(C(=O)c2ccc(S(C)(=O)=O)cc2)CCS1. The molecule has 0 atom stereocenters. The van der Waals surface area contributed by atoms with E-state index in [1.54, 1.807) is 12.1 Å². The van der Waals surface area contributed by atoms with Crippen molar-refractivity contribution in [3.8, 4) is 0 Å². The molecule has 0 N–H and O–H groups in total. The summed E-state index contributed by atoms with van der Waals surface area (Å²) in [5.41, 5.74) is 0.556. The van der Waals surface area contributed by atoms with E-state index in [0.717, 1.165) is 31.7 Å². The molecule has 22 heavy (non-hydrogen) atoms. The highest BCUT2D eigenvalue weighted by Crippen LogP contribution is 2.37. The average molecular weight is 341 g/mol. The normalized spacial score (nSPS) is 18.2. The number of nitrogens with zero attached hydrogens (tertiary/aromatic N) is 1. The van der Waals surface area contributed by atoms with E-state index in [9.17, 15) is 13.2 Å². The number of benzene rings is 1. The maximum absolute atomic E-state index is 12.6. The monoisotopic (exact) mass is 341 g/mol. The Bertz CT molecular complexity index is 634. The molecule has 0 aliphatic carbocycles. The molecule has 0 aromatic heterocycles. The van der Waals surface area contributed by atoms with E-state index in [1.165, 1.54) is 18.4 Å². The Hall–Kier alpha value is -1.01. The zero-order chi connectivity index (χ0) is 16.4. The number of carbonyl (C=O) groups excluding carboxylic acids is 1. The second-order valence-corrected chi connectivity index (χ2v) is 9.34. The van der Waals surface area contributed by atoms with Crippen LogP contribution in [0.25, 0.3) is 0 Å². The molecule has 0 unspecified atom stereocenters. The molecule has 1 aromatic carbocycles. The maximum atomic E-state index is 12.6. The third-order valence-corrected chi connectivity index (χ3v) is 7.19. The molecule has 1 aliphatic rings. The first kappa shape index (κ1) is 17.3. The number of carbonyl (C=O) groups is 1. The van der Waals surface area contributed by atoms with Crippen molar-refractivity contribution in [2.24, 2.45) is 0 Å². The predicted octanol–water partition coefficient (Wildman–Crippen LogP) is 2.84.